The van der Waals surface area contributed by atoms with Gasteiger partial charge in [-0.15, -0.1) is 0 Å². The highest BCUT2D eigenvalue weighted by Gasteiger charge is 2.11. The van der Waals surface area contributed by atoms with Crippen molar-refractivity contribution in [3.63, 3.8) is 0 Å². The van der Waals surface area contributed by atoms with Gasteiger partial charge in [0.05, 0.1) is 0 Å². The molecular formula is C21H21FN4O. The zero-order valence-corrected chi connectivity index (χ0v) is 15.3. The highest BCUT2D eigenvalue weighted by molar-refractivity contribution is 5.92. The van der Waals surface area contributed by atoms with E-state index in [9.17, 15) is 9.18 Å². The molecule has 5 nitrogen and oxygen atoms in total. The maximum Gasteiger partial charge on any atom is 0.270 e. The summed E-state index contributed by atoms with van der Waals surface area (Å²) in [5.41, 5.74) is 3.40. The van der Waals surface area contributed by atoms with Gasteiger partial charge in [0.1, 0.15) is 23.2 Å². The summed E-state index contributed by atoms with van der Waals surface area (Å²) in [6, 6.07) is 15.7. The highest BCUT2D eigenvalue weighted by Crippen LogP contribution is 2.11. The fourth-order valence-corrected chi connectivity index (χ4v) is 2.64. The quantitative estimate of drug-likeness (QED) is 0.699. The minimum Gasteiger partial charge on any atom is -0.366 e. The average molecular weight is 364 g/mol. The van der Waals surface area contributed by atoms with E-state index in [1.807, 2.05) is 31.2 Å². The molecule has 0 saturated heterocycles. The number of hydrogen-bond acceptors (Lipinski definition) is 4. The highest BCUT2D eigenvalue weighted by atomic mass is 19.1. The van der Waals surface area contributed by atoms with Gasteiger partial charge in [-0.2, -0.15) is 0 Å². The first kappa shape index (κ1) is 18.5. The summed E-state index contributed by atoms with van der Waals surface area (Å²) in [4.78, 5) is 21.0. The third-order valence-corrected chi connectivity index (χ3v) is 4.16. The average Bonchev–Trinajstić information content (AvgIpc) is 2.66. The van der Waals surface area contributed by atoms with Crippen LogP contribution in [0, 0.1) is 19.7 Å². The van der Waals surface area contributed by atoms with Crippen molar-refractivity contribution in [3.05, 3.63) is 88.6 Å². The van der Waals surface area contributed by atoms with Crippen LogP contribution in [-0.2, 0) is 13.1 Å². The molecule has 0 fully saturated rings. The van der Waals surface area contributed by atoms with Crippen LogP contribution in [-0.4, -0.2) is 15.9 Å². The third-order valence-electron chi connectivity index (χ3n) is 4.16. The molecule has 1 heterocycles. The molecule has 0 aliphatic rings. The number of nitrogens with zero attached hydrogens (tertiary/aromatic N) is 2. The number of aromatic nitrogens is 2. The van der Waals surface area contributed by atoms with Gasteiger partial charge in [0.2, 0.25) is 0 Å². The van der Waals surface area contributed by atoms with E-state index in [4.69, 9.17) is 0 Å². The molecule has 0 aliphatic heterocycles. The number of nitrogens with one attached hydrogen (secondary N) is 2. The van der Waals surface area contributed by atoms with Gasteiger partial charge < -0.3 is 10.6 Å². The van der Waals surface area contributed by atoms with Gasteiger partial charge in [-0.05, 0) is 42.7 Å². The molecule has 0 spiro atoms. The number of carbonyl (C=O) groups excluding carboxylic acids is 1. The van der Waals surface area contributed by atoms with Crippen molar-refractivity contribution in [2.75, 3.05) is 5.32 Å². The van der Waals surface area contributed by atoms with Crippen LogP contribution >= 0.6 is 0 Å². The number of hydrogen-bond donors (Lipinski definition) is 2. The Kier molecular flexibility index (Phi) is 5.76. The molecule has 0 atom stereocenters. The largest absolute Gasteiger partial charge is 0.366 e. The fraction of sp³-hybridized carbons (Fsp3) is 0.190. The number of benzene rings is 2. The van der Waals surface area contributed by atoms with Crippen molar-refractivity contribution < 1.29 is 9.18 Å². The second-order valence-electron chi connectivity index (χ2n) is 6.27. The van der Waals surface area contributed by atoms with E-state index in [2.05, 4.69) is 20.6 Å². The zero-order chi connectivity index (χ0) is 19.2. The zero-order valence-electron chi connectivity index (χ0n) is 15.3. The molecular weight excluding hydrogens is 343 g/mol. The maximum absolute atomic E-state index is 13.0. The number of amides is 1. The smallest absolute Gasteiger partial charge is 0.270 e. The summed E-state index contributed by atoms with van der Waals surface area (Å²) in [6.45, 7) is 4.66. The minimum atomic E-state index is -0.274. The van der Waals surface area contributed by atoms with Crippen molar-refractivity contribution >= 4 is 11.7 Å². The molecule has 1 amide bonds. The van der Waals surface area contributed by atoms with Gasteiger partial charge in [-0.3, -0.25) is 4.79 Å². The Labute approximate surface area is 157 Å². The molecule has 138 valence electrons. The summed E-state index contributed by atoms with van der Waals surface area (Å²) in [7, 11) is 0. The Hall–Kier alpha value is -3.28. The first-order valence-corrected chi connectivity index (χ1v) is 8.68. The minimum absolute atomic E-state index is 0.256. The molecule has 6 heteroatoms. The Bertz CT molecular complexity index is 941. The van der Waals surface area contributed by atoms with Gasteiger partial charge in [0.25, 0.3) is 5.91 Å². The van der Waals surface area contributed by atoms with Crippen molar-refractivity contribution in [1.82, 2.24) is 15.3 Å². The van der Waals surface area contributed by atoms with Crippen LogP contribution in [0.3, 0.4) is 0 Å². The maximum atomic E-state index is 13.0. The molecule has 1 aromatic heterocycles. The molecule has 0 radical (unpaired) electrons. The van der Waals surface area contributed by atoms with Crippen LogP contribution in [0.5, 0.6) is 0 Å². The van der Waals surface area contributed by atoms with Crippen LogP contribution in [0.15, 0.2) is 54.6 Å². The lowest BCUT2D eigenvalue weighted by molar-refractivity contribution is 0.0945. The number of carbonyl (C=O) groups is 1. The molecule has 2 aromatic carbocycles. The fourth-order valence-electron chi connectivity index (χ4n) is 2.64. The van der Waals surface area contributed by atoms with Gasteiger partial charge in [-0.1, -0.05) is 36.4 Å². The van der Waals surface area contributed by atoms with E-state index in [-0.39, 0.29) is 11.7 Å². The van der Waals surface area contributed by atoms with Crippen molar-refractivity contribution in [2.45, 2.75) is 26.9 Å². The predicted octanol–water partition coefficient (Wildman–Crippen LogP) is 3.77. The van der Waals surface area contributed by atoms with Crippen LogP contribution < -0.4 is 10.6 Å². The van der Waals surface area contributed by atoms with Crippen LogP contribution in [0.25, 0.3) is 0 Å². The van der Waals surface area contributed by atoms with Crippen molar-refractivity contribution in [2.24, 2.45) is 0 Å². The molecule has 3 aromatic rings. The first-order valence-electron chi connectivity index (χ1n) is 8.68. The lowest BCUT2D eigenvalue weighted by Crippen LogP contribution is -2.25. The summed E-state index contributed by atoms with van der Waals surface area (Å²) in [6.07, 6.45) is 0. The Morgan fingerprint density at radius 3 is 2.48 bits per heavy atom. The first-order chi connectivity index (χ1) is 13.0. The van der Waals surface area contributed by atoms with Crippen molar-refractivity contribution in [3.8, 4) is 0 Å². The summed E-state index contributed by atoms with van der Waals surface area (Å²) in [5.74, 6) is 0.519. The summed E-state index contributed by atoms with van der Waals surface area (Å²) < 4.78 is 13.0. The van der Waals surface area contributed by atoms with Gasteiger partial charge in [0.15, 0.2) is 0 Å². The second-order valence-corrected chi connectivity index (χ2v) is 6.27. The number of anilines is 1. The van der Waals surface area contributed by atoms with Crippen LogP contribution in [0.1, 0.15) is 33.0 Å². The monoisotopic (exact) mass is 364 g/mol. The van der Waals surface area contributed by atoms with Gasteiger partial charge in [0, 0.05) is 19.2 Å². The summed E-state index contributed by atoms with van der Waals surface area (Å²) >= 11 is 0. The molecule has 0 aliphatic carbocycles. The van der Waals surface area contributed by atoms with Crippen molar-refractivity contribution in [1.29, 1.82) is 0 Å². The predicted molar refractivity (Wildman–Crippen MR) is 103 cm³/mol. The molecule has 2 N–H and O–H groups in total. The standard InChI is InChI=1S/C21H21FN4O/c1-14-5-3-4-6-17(14)13-24-21(27)19-11-20(26-15(2)25-19)23-12-16-7-9-18(22)10-8-16/h3-11H,12-13H2,1-2H3,(H,24,27)(H,23,25,26). The van der Waals surface area contributed by atoms with E-state index in [0.29, 0.717) is 30.4 Å². The Balaban J connectivity index is 1.66. The molecule has 0 unspecified atom stereocenters. The van der Waals surface area contributed by atoms with E-state index in [1.54, 1.807) is 25.1 Å². The van der Waals surface area contributed by atoms with Gasteiger partial charge in [-0.25, -0.2) is 14.4 Å². The van der Waals surface area contributed by atoms with Gasteiger partial charge >= 0.3 is 0 Å². The number of halogens is 1. The molecule has 0 saturated carbocycles. The van der Waals surface area contributed by atoms with Crippen LogP contribution in [0.4, 0.5) is 10.2 Å². The number of rotatable bonds is 6. The second kappa shape index (κ2) is 8.40. The Morgan fingerprint density at radius 1 is 1.00 bits per heavy atom. The summed E-state index contributed by atoms with van der Waals surface area (Å²) in [5, 5.41) is 6.04. The van der Waals surface area contributed by atoms with Crippen LogP contribution in [0.2, 0.25) is 0 Å². The molecule has 3 rings (SSSR count). The third kappa shape index (κ3) is 5.10. The molecule has 0 bridgehead atoms. The van der Waals surface area contributed by atoms with E-state index < -0.39 is 0 Å². The van der Waals surface area contributed by atoms with E-state index in [1.165, 1.54) is 12.1 Å². The SMILES string of the molecule is Cc1nc(NCc2ccc(F)cc2)cc(C(=O)NCc2ccccc2C)n1. The normalized spacial score (nSPS) is 10.5. The lowest BCUT2D eigenvalue weighted by atomic mass is 10.1. The lowest BCUT2D eigenvalue weighted by Gasteiger charge is -2.10. The topological polar surface area (TPSA) is 66.9 Å². The van der Waals surface area contributed by atoms with E-state index in [0.717, 1.165) is 16.7 Å². The molecule has 27 heavy (non-hydrogen) atoms. The van der Waals surface area contributed by atoms with E-state index >= 15 is 0 Å². The number of aryl methyl sites for hydroxylation is 2. The Morgan fingerprint density at radius 2 is 1.74 bits per heavy atom.